The van der Waals surface area contributed by atoms with E-state index in [2.05, 4.69) is 19.9 Å². The number of hydrogen-bond acceptors (Lipinski definition) is 1. The van der Waals surface area contributed by atoms with E-state index in [4.69, 9.17) is 16.9 Å². The average Bonchev–Trinajstić information content (AvgIpc) is 1.80. The minimum atomic E-state index is -0.505. The van der Waals surface area contributed by atoms with Crippen LogP contribution in [0.3, 0.4) is 0 Å². The molecule has 0 aromatic rings. The van der Waals surface area contributed by atoms with E-state index < -0.39 is 4.87 Å². The summed E-state index contributed by atoms with van der Waals surface area (Å²) in [5, 5.41) is 8.56. The Morgan fingerprint density at radius 1 is 1.60 bits per heavy atom. The fourth-order valence-corrected chi connectivity index (χ4v) is 1.73. The van der Waals surface area contributed by atoms with Gasteiger partial charge in [0.1, 0.15) is 4.87 Å². The summed E-state index contributed by atoms with van der Waals surface area (Å²) in [6, 6.07) is 2.13. The maximum atomic E-state index is 8.56. The Morgan fingerprint density at radius 3 is 2.40 bits per heavy atom. The van der Waals surface area contributed by atoms with Crippen LogP contribution < -0.4 is 0 Å². The van der Waals surface area contributed by atoms with Gasteiger partial charge < -0.3 is 0 Å². The number of halogens is 1. The Balaban J connectivity index is 2.38. The second kappa shape index (κ2) is 2.43. The molecule has 0 aromatic heterocycles. The molecule has 0 amide bonds. The van der Waals surface area contributed by atoms with Gasteiger partial charge in [0.2, 0.25) is 0 Å². The Bertz CT molecular complexity index is 163. The molecule has 10 heavy (non-hydrogen) atoms. The van der Waals surface area contributed by atoms with Gasteiger partial charge in [0.25, 0.3) is 0 Å². The topological polar surface area (TPSA) is 23.8 Å². The van der Waals surface area contributed by atoms with Gasteiger partial charge in [0, 0.05) is 0 Å². The first-order valence-electron chi connectivity index (χ1n) is 3.67. The van der Waals surface area contributed by atoms with Crippen LogP contribution in [-0.4, -0.2) is 4.87 Å². The molecule has 0 aliphatic heterocycles. The third-order valence-electron chi connectivity index (χ3n) is 2.31. The highest BCUT2D eigenvalue weighted by Gasteiger charge is 2.43. The van der Waals surface area contributed by atoms with Crippen LogP contribution >= 0.6 is 11.6 Å². The van der Waals surface area contributed by atoms with E-state index in [9.17, 15) is 0 Å². The van der Waals surface area contributed by atoms with Crippen molar-refractivity contribution in [3.8, 4) is 6.07 Å². The van der Waals surface area contributed by atoms with E-state index in [1.54, 1.807) is 0 Å². The molecule has 1 aliphatic rings. The van der Waals surface area contributed by atoms with E-state index in [1.807, 2.05) is 0 Å². The smallest absolute Gasteiger partial charge is 0.131 e. The molecule has 56 valence electrons. The molecule has 0 atom stereocenters. The maximum Gasteiger partial charge on any atom is 0.131 e. The molecule has 1 saturated carbocycles. The fraction of sp³-hybridized carbons (Fsp3) is 0.875. The summed E-state index contributed by atoms with van der Waals surface area (Å²) in [4.78, 5) is -0.505. The molecule has 1 rings (SSSR count). The second-order valence-corrected chi connectivity index (χ2v) is 4.21. The molecule has 1 aliphatic carbocycles. The van der Waals surface area contributed by atoms with Crippen molar-refractivity contribution in [3.63, 3.8) is 0 Å². The maximum absolute atomic E-state index is 8.56. The summed E-state index contributed by atoms with van der Waals surface area (Å²) in [6.07, 6.45) is 1.76. The first-order chi connectivity index (χ1) is 4.57. The monoisotopic (exact) mass is 157 g/mol. The molecule has 0 spiro atoms. The zero-order chi connectivity index (χ0) is 7.78. The summed E-state index contributed by atoms with van der Waals surface area (Å²) in [5.41, 5.74) is 0. The van der Waals surface area contributed by atoms with E-state index in [0.717, 1.165) is 12.8 Å². The van der Waals surface area contributed by atoms with Crippen LogP contribution in [-0.2, 0) is 0 Å². The number of alkyl halides is 1. The highest BCUT2D eigenvalue weighted by Crippen LogP contribution is 2.46. The van der Waals surface area contributed by atoms with E-state index in [0.29, 0.717) is 11.8 Å². The van der Waals surface area contributed by atoms with Crippen LogP contribution in [0.2, 0.25) is 0 Å². The van der Waals surface area contributed by atoms with Gasteiger partial charge in [-0.15, -0.1) is 11.6 Å². The zero-order valence-corrected chi connectivity index (χ0v) is 7.15. The molecule has 0 aromatic carbocycles. The van der Waals surface area contributed by atoms with Crippen molar-refractivity contribution >= 4 is 11.6 Å². The third-order valence-corrected chi connectivity index (χ3v) is 2.71. The lowest BCUT2D eigenvalue weighted by molar-refractivity contribution is 0.202. The van der Waals surface area contributed by atoms with Crippen molar-refractivity contribution in [2.24, 2.45) is 11.8 Å². The normalized spacial score (nSPS) is 38.9. The Labute approximate surface area is 67.0 Å². The first-order valence-corrected chi connectivity index (χ1v) is 4.05. The van der Waals surface area contributed by atoms with E-state index >= 15 is 0 Å². The number of rotatable bonds is 1. The molecule has 0 saturated heterocycles. The molecule has 1 fully saturated rings. The Kier molecular flexibility index (Phi) is 1.92. The van der Waals surface area contributed by atoms with Gasteiger partial charge in [-0.2, -0.15) is 5.26 Å². The lowest BCUT2D eigenvalue weighted by Crippen LogP contribution is -2.39. The van der Waals surface area contributed by atoms with Crippen LogP contribution in [0.1, 0.15) is 26.7 Å². The summed E-state index contributed by atoms with van der Waals surface area (Å²) in [5.74, 6) is 1.36. The standard InChI is InChI=1S/C8H12ClN/c1-6(2)7-3-8(9,4-7)5-10/h6-7H,3-4H2,1-2H3. The molecule has 0 N–H and O–H groups in total. The minimum absolute atomic E-state index is 0.505. The van der Waals surface area contributed by atoms with Crippen molar-refractivity contribution in [3.05, 3.63) is 0 Å². The van der Waals surface area contributed by atoms with Crippen molar-refractivity contribution in [1.82, 2.24) is 0 Å². The SMILES string of the molecule is CC(C)C1CC(Cl)(C#N)C1. The number of nitriles is 1. The number of nitrogens with zero attached hydrogens (tertiary/aromatic N) is 1. The summed E-state index contributed by atoms with van der Waals surface area (Å²) in [7, 11) is 0. The summed E-state index contributed by atoms with van der Waals surface area (Å²) < 4.78 is 0. The van der Waals surface area contributed by atoms with Gasteiger partial charge in [0.15, 0.2) is 0 Å². The van der Waals surface area contributed by atoms with E-state index in [1.165, 1.54) is 0 Å². The van der Waals surface area contributed by atoms with Gasteiger partial charge in [-0.3, -0.25) is 0 Å². The van der Waals surface area contributed by atoms with Crippen LogP contribution in [0.4, 0.5) is 0 Å². The van der Waals surface area contributed by atoms with Gasteiger partial charge >= 0.3 is 0 Å². The Morgan fingerprint density at radius 2 is 2.10 bits per heavy atom. The van der Waals surface area contributed by atoms with Gasteiger partial charge in [-0.1, -0.05) is 13.8 Å². The fourth-order valence-electron chi connectivity index (χ4n) is 1.33. The molecule has 0 radical (unpaired) electrons. The molecule has 1 nitrogen and oxygen atoms in total. The summed E-state index contributed by atoms with van der Waals surface area (Å²) >= 11 is 5.87. The number of hydrogen-bond donors (Lipinski definition) is 0. The molecular weight excluding hydrogens is 146 g/mol. The van der Waals surface area contributed by atoms with Crippen molar-refractivity contribution < 1.29 is 0 Å². The van der Waals surface area contributed by atoms with Crippen LogP contribution in [0.25, 0.3) is 0 Å². The predicted molar refractivity (Wildman–Crippen MR) is 41.8 cm³/mol. The van der Waals surface area contributed by atoms with E-state index in [-0.39, 0.29) is 0 Å². The highest BCUT2D eigenvalue weighted by molar-refractivity contribution is 6.26. The zero-order valence-electron chi connectivity index (χ0n) is 6.39. The van der Waals surface area contributed by atoms with Gasteiger partial charge in [0.05, 0.1) is 6.07 Å². The third kappa shape index (κ3) is 1.27. The molecule has 0 bridgehead atoms. The minimum Gasteiger partial charge on any atom is -0.196 e. The largest absolute Gasteiger partial charge is 0.196 e. The highest BCUT2D eigenvalue weighted by atomic mass is 35.5. The van der Waals surface area contributed by atoms with Crippen molar-refractivity contribution in [1.29, 1.82) is 5.26 Å². The lowest BCUT2D eigenvalue weighted by atomic mass is 9.69. The van der Waals surface area contributed by atoms with Crippen LogP contribution in [0.5, 0.6) is 0 Å². The van der Waals surface area contributed by atoms with Gasteiger partial charge in [-0.05, 0) is 24.7 Å². The molecule has 0 unspecified atom stereocenters. The molecule has 0 heterocycles. The lowest BCUT2D eigenvalue weighted by Gasteiger charge is -2.40. The second-order valence-electron chi connectivity index (χ2n) is 3.49. The molecular formula is C8H12ClN. The van der Waals surface area contributed by atoms with Crippen LogP contribution in [0, 0.1) is 23.2 Å². The van der Waals surface area contributed by atoms with Crippen LogP contribution in [0.15, 0.2) is 0 Å². The average molecular weight is 158 g/mol. The van der Waals surface area contributed by atoms with Crippen molar-refractivity contribution in [2.75, 3.05) is 0 Å². The predicted octanol–water partition coefficient (Wildman–Crippen LogP) is 2.55. The van der Waals surface area contributed by atoms with Crippen molar-refractivity contribution in [2.45, 2.75) is 31.6 Å². The molecule has 2 heteroatoms. The van der Waals surface area contributed by atoms with Gasteiger partial charge in [-0.25, -0.2) is 0 Å². The quantitative estimate of drug-likeness (QED) is 0.537. The first kappa shape index (κ1) is 7.88. The Hall–Kier alpha value is -0.220. The summed E-state index contributed by atoms with van der Waals surface area (Å²) in [6.45, 7) is 4.36.